The Balaban J connectivity index is 2.56. The van der Waals surface area contributed by atoms with Crippen LogP contribution in [-0.2, 0) is 4.74 Å². The number of anilines is 1. The van der Waals surface area contributed by atoms with Crippen LogP contribution in [0.5, 0.6) is 0 Å². The third kappa shape index (κ3) is 4.84. The van der Waals surface area contributed by atoms with Crippen LogP contribution < -0.4 is 5.32 Å². The predicted octanol–water partition coefficient (Wildman–Crippen LogP) is 1.61. The van der Waals surface area contributed by atoms with Gasteiger partial charge in [0.05, 0.1) is 19.3 Å². The molecule has 1 aromatic rings. The third-order valence-corrected chi connectivity index (χ3v) is 2.61. The molecule has 0 saturated heterocycles. The summed E-state index contributed by atoms with van der Waals surface area (Å²) < 4.78 is 18.1. The Morgan fingerprint density at radius 3 is 2.84 bits per heavy atom. The van der Waals surface area contributed by atoms with Crippen molar-refractivity contribution < 1.29 is 19.0 Å². The maximum absolute atomic E-state index is 13.3. The van der Waals surface area contributed by atoms with Crippen LogP contribution in [0.3, 0.4) is 0 Å². The van der Waals surface area contributed by atoms with Crippen molar-refractivity contribution in [1.29, 1.82) is 0 Å². The molecule has 1 atom stereocenters. The van der Waals surface area contributed by atoms with Crippen LogP contribution in [0.1, 0.15) is 5.56 Å². The summed E-state index contributed by atoms with van der Waals surface area (Å²) in [7, 11) is 3.01. The van der Waals surface area contributed by atoms with Gasteiger partial charge in [-0.25, -0.2) is 9.18 Å². The highest BCUT2D eigenvalue weighted by molar-refractivity contribution is 5.89. The zero-order chi connectivity index (χ0) is 14.4. The average molecular weight is 270 g/mol. The van der Waals surface area contributed by atoms with Crippen LogP contribution in [0, 0.1) is 12.7 Å². The minimum absolute atomic E-state index is 0.133. The van der Waals surface area contributed by atoms with E-state index in [1.807, 2.05) is 0 Å². The van der Waals surface area contributed by atoms with Gasteiger partial charge in [0, 0.05) is 19.8 Å². The molecular weight excluding hydrogens is 251 g/mol. The van der Waals surface area contributed by atoms with Crippen LogP contribution in [0.2, 0.25) is 0 Å². The highest BCUT2D eigenvalue weighted by Gasteiger charge is 2.14. The number of urea groups is 1. The zero-order valence-corrected chi connectivity index (χ0v) is 11.3. The number of nitrogens with one attached hydrogen (secondary N) is 1. The van der Waals surface area contributed by atoms with E-state index < -0.39 is 12.1 Å². The molecule has 0 spiro atoms. The lowest BCUT2D eigenvalue weighted by Crippen LogP contribution is -2.38. The topological polar surface area (TPSA) is 61.8 Å². The van der Waals surface area contributed by atoms with Crippen molar-refractivity contribution in [3.05, 3.63) is 29.6 Å². The van der Waals surface area contributed by atoms with Gasteiger partial charge in [-0.15, -0.1) is 0 Å². The zero-order valence-electron chi connectivity index (χ0n) is 11.3. The molecule has 0 aliphatic heterocycles. The first-order valence-electron chi connectivity index (χ1n) is 5.89. The van der Waals surface area contributed by atoms with Crippen molar-refractivity contribution in [2.24, 2.45) is 0 Å². The molecule has 19 heavy (non-hydrogen) atoms. The van der Waals surface area contributed by atoms with Gasteiger partial charge < -0.3 is 20.1 Å². The second-order valence-electron chi connectivity index (χ2n) is 4.38. The fraction of sp³-hybridized carbons (Fsp3) is 0.462. The lowest BCUT2D eigenvalue weighted by molar-refractivity contribution is 0.0501. The lowest BCUT2D eigenvalue weighted by atomic mass is 10.2. The number of methoxy groups -OCH3 is 1. The number of aryl methyl sites for hydroxylation is 1. The molecule has 1 rings (SSSR count). The predicted molar refractivity (Wildman–Crippen MR) is 70.7 cm³/mol. The number of carbonyl (C=O) groups is 1. The number of halogens is 1. The number of rotatable bonds is 5. The average Bonchev–Trinajstić information content (AvgIpc) is 2.34. The normalized spacial score (nSPS) is 12.1. The molecule has 5 nitrogen and oxygen atoms in total. The van der Waals surface area contributed by atoms with Crippen LogP contribution in [0.4, 0.5) is 14.9 Å². The van der Waals surface area contributed by atoms with E-state index in [9.17, 15) is 14.3 Å². The number of likely N-dealkylation sites (N-methyl/N-ethyl adjacent to an activating group) is 1. The summed E-state index contributed by atoms with van der Waals surface area (Å²) in [5, 5.41) is 12.1. The minimum Gasteiger partial charge on any atom is -0.389 e. The Morgan fingerprint density at radius 1 is 1.58 bits per heavy atom. The van der Waals surface area contributed by atoms with E-state index >= 15 is 0 Å². The number of nitrogens with zero attached hydrogens (tertiary/aromatic N) is 1. The monoisotopic (exact) mass is 270 g/mol. The molecule has 0 saturated carbocycles. The van der Waals surface area contributed by atoms with Gasteiger partial charge in [0.15, 0.2) is 0 Å². The second kappa shape index (κ2) is 7.06. The van der Waals surface area contributed by atoms with Crippen LogP contribution >= 0.6 is 0 Å². The van der Waals surface area contributed by atoms with Crippen molar-refractivity contribution in [2.45, 2.75) is 13.0 Å². The van der Waals surface area contributed by atoms with Crippen molar-refractivity contribution in [3.8, 4) is 0 Å². The summed E-state index contributed by atoms with van der Waals surface area (Å²) in [4.78, 5) is 13.1. The number of aliphatic hydroxyl groups is 1. The quantitative estimate of drug-likeness (QED) is 0.854. The number of carbonyl (C=O) groups excluding carboxylic acids is 1. The van der Waals surface area contributed by atoms with E-state index in [-0.39, 0.29) is 19.0 Å². The van der Waals surface area contributed by atoms with Gasteiger partial charge in [-0.1, -0.05) is 6.07 Å². The standard InChI is InChI=1S/C13H19FN2O3/c1-9-4-5-10(6-12(9)14)15-13(18)16(2)7-11(17)8-19-3/h4-6,11,17H,7-8H2,1-3H3,(H,15,18). The van der Waals surface area contributed by atoms with Crippen molar-refractivity contribution in [2.75, 3.05) is 32.6 Å². The van der Waals surface area contributed by atoms with E-state index in [0.717, 1.165) is 0 Å². The Morgan fingerprint density at radius 2 is 2.26 bits per heavy atom. The number of amides is 2. The van der Waals surface area contributed by atoms with Crippen LogP contribution in [-0.4, -0.2) is 49.5 Å². The molecule has 2 N–H and O–H groups in total. The summed E-state index contributed by atoms with van der Waals surface area (Å²) in [6.45, 7) is 1.93. The number of hydrogen-bond donors (Lipinski definition) is 2. The molecule has 0 aliphatic rings. The Bertz CT molecular complexity index is 440. The second-order valence-corrected chi connectivity index (χ2v) is 4.38. The molecule has 0 heterocycles. The largest absolute Gasteiger partial charge is 0.389 e. The molecule has 106 valence electrons. The summed E-state index contributed by atoms with van der Waals surface area (Å²) in [5.74, 6) is -0.375. The molecule has 1 unspecified atom stereocenters. The van der Waals surface area contributed by atoms with Gasteiger partial charge in [0.2, 0.25) is 0 Å². The first kappa shape index (κ1) is 15.4. The number of hydrogen-bond acceptors (Lipinski definition) is 3. The first-order chi connectivity index (χ1) is 8.93. The molecule has 2 amide bonds. The smallest absolute Gasteiger partial charge is 0.321 e. The number of benzene rings is 1. The highest BCUT2D eigenvalue weighted by atomic mass is 19.1. The fourth-order valence-corrected chi connectivity index (χ4v) is 1.53. The van der Waals surface area contributed by atoms with Crippen molar-refractivity contribution in [1.82, 2.24) is 4.90 Å². The maximum Gasteiger partial charge on any atom is 0.321 e. The van der Waals surface area contributed by atoms with Gasteiger partial charge in [0.25, 0.3) is 0 Å². The molecule has 1 aromatic carbocycles. The molecular formula is C13H19FN2O3. The number of aliphatic hydroxyl groups excluding tert-OH is 1. The van der Waals surface area contributed by atoms with Gasteiger partial charge in [0.1, 0.15) is 5.82 Å². The highest BCUT2D eigenvalue weighted by Crippen LogP contribution is 2.13. The van der Waals surface area contributed by atoms with Gasteiger partial charge in [-0.05, 0) is 24.6 Å². The van der Waals surface area contributed by atoms with E-state index in [4.69, 9.17) is 4.74 Å². The van der Waals surface area contributed by atoms with Gasteiger partial charge in [-0.2, -0.15) is 0 Å². The van der Waals surface area contributed by atoms with Crippen molar-refractivity contribution >= 4 is 11.7 Å². The molecule has 0 aliphatic carbocycles. The minimum atomic E-state index is -0.754. The SMILES string of the molecule is COCC(O)CN(C)C(=O)Nc1ccc(C)c(F)c1. The maximum atomic E-state index is 13.3. The van der Waals surface area contributed by atoms with Crippen LogP contribution in [0.25, 0.3) is 0 Å². The van der Waals surface area contributed by atoms with Crippen molar-refractivity contribution in [3.63, 3.8) is 0 Å². The molecule has 0 radical (unpaired) electrons. The van der Waals surface area contributed by atoms with E-state index in [2.05, 4.69) is 5.32 Å². The molecule has 0 aromatic heterocycles. The van der Waals surface area contributed by atoms with E-state index in [1.54, 1.807) is 26.1 Å². The van der Waals surface area contributed by atoms with E-state index in [0.29, 0.717) is 11.3 Å². The summed E-state index contributed by atoms with van der Waals surface area (Å²) in [6.07, 6.45) is -0.754. The Hall–Kier alpha value is -1.66. The Labute approximate surface area is 112 Å². The third-order valence-electron chi connectivity index (χ3n) is 2.61. The summed E-state index contributed by atoms with van der Waals surface area (Å²) in [6, 6.07) is 4.05. The Kier molecular flexibility index (Phi) is 5.72. The van der Waals surface area contributed by atoms with Gasteiger partial charge >= 0.3 is 6.03 Å². The molecule has 0 bridgehead atoms. The fourth-order valence-electron chi connectivity index (χ4n) is 1.53. The molecule has 6 heteroatoms. The summed E-state index contributed by atoms with van der Waals surface area (Å²) >= 11 is 0. The first-order valence-corrected chi connectivity index (χ1v) is 5.89. The lowest BCUT2D eigenvalue weighted by Gasteiger charge is -2.21. The van der Waals surface area contributed by atoms with E-state index in [1.165, 1.54) is 18.1 Å². The number of ether oxygens (including phenoxy) is 1. The van der Waals surface area contributed by atoms with Gasteiger partial charge in [-0.3, -0.25) is 0 Å². The van der Waals surface area contributed by atoms with Crippen LogP contribution in [0.15, 0.2) is 18.2 Å². The molecule has 0 fully saturated rings. The summed E-state index contributed by atoms with van der Waals surface area (Å²) in [5.41, 5.74) is 0.892.